The molecule has 0 aliphatic carbocycles. The number of nitro groups is 1. The molecule has 2 N–H and O–H groups in total. The molecule has 2 aromatic rings. The summed E-state index contributed by atoms with van der Waals surface area (Å²) in [5.41, 5.74) is 5.30. The number of hydrogen-bond donors (Lipinski definition) is 1. The molecule has 8 nitrogen and oxygen atoms in total. The van der Waals surface area contributed by atoms with Crippen molar-refractivity contribution in [1.82, 2.24) is 0 Å². The number of carbonyl (C=O) groups excluding carboxylic acids is 2. The first-order valence-electron chi connectivity index (χ1n) is 10.3. The number of nitrogens with two attached hydrogens (primary N) is 1. The van der Waals surface area contributed by atoms with Crippen LogP contribution in [0.3, 0.4) is 0 Å². The fourth-order valence-corrected chi connectivity index (χ4v) is 3.38. The molecule has 0 atom stereocenters. The Morgan fingerprint density at radius 1 is 0.882 bits per heavy atom. The molecule has 186 valence electrons. The molecule has 0 saturated heterocycles. The number of Topliss-reactive ketones (excluding diaryl/α,β-unsaturated/α-hetero) is 2. The van der Waals surface area contributed by atoms with E-state index in [0.717, 1.165) is 5.56 Å². The number of rotatable bonds is 9. The van der Waals surface area contributed by atoms with Crippen LogP contribution in [0.5, 0.6) is 11.5 Å². The monoisotopic (exact) mass is 512 g/mol. The molecule has 0 unspecified atom stereocenters. The number of benzene rings is 2. The van der Waals surface area contributed by atoms with Gasteiger partial charge in [-0.1, -0.05) is 35.3 Å². The van der Waals surface area contributed by atoms with Crippen LogP contribution in [0.15, 0.2) is 36.4 Å². The summed E-state index contributed by atoms with van der Waals surface area (Å²) in [5.74, 6) is 0.530. The van der Waals surface area contributed by atoms with Gasteiger partial charge in [-0.2, -0.15) is 0 Å². The SMILES string of the molecule is COc1cc(C(C)(C)C(=O)CN)ccc1Cl.COc1cc(C(C)(C)C(=O)C[N+](=O)[O-])ccc1Cl. The van der Waals surface area contributed by atoms with Crippen LogP contribution in [0.2, 0.25) is 10.0 Å². The second kappa shape index (κ2) is 12.1. The molecular formula is C24H30Cl2N2O6. The Morgan fingerprint density at radius 2 is 1.26 bits per heavy atom. The third-order valence-corrected chi connectivity index (χ3v) is 6.22. The Bertz CT molecular complexity index is 1050. The molecule has 0 spiro atoms. The van der Waals surface area contributed by atoms with Crippen LogP contribution < -0.4 is 15.2 Å². The molecule has 0 heterocycles. The van der Waals surface area contributed by atoms with Gasteiger partial charge < -0.3 is 15.2 Å². The number of ether oxygens (including phenoxy) is 2. The van der Waals surface area contributed by atoms with Crippen LogP contribution in [0, 0.1) is 10.1 Å². The number of methoxy groups -OCH3 is 2. The normalized spacial score (nSPS) is 11.2. The second-order valence-corrected chi connectivity index (χ2v) is 9.30. The maximum Gasteiger partial charge on any atom is 0.262 e. The van der Waals surface area contributed by atoms with E-state index in [0.29, 0.717) is 27.1 Å². The summed E-state index contributed by atoms with van der Waals surface area (Å²) >= 11 is 11.8. The number of ketones is 2. The van der Waals surface area contributed by atoms with Crippen LogP contribution in [0.4, 0.5) is 0 Å². The standard InChI is InChI=1S/C12H14ClNO4.C12H16ClNO2/c1-12(2,11(15)7-14(16)17)8-4-5-9(13)10(6-8)18-3;1-12(2,11(15)7-14)8-4-5-9(13)10(6-8)16-3/h4-6H,7H2,1-3H3;4-6H,7,14H2,1-3H3. The number of nitrogens with zero attached hydrogens (tertiary/aromatic N) is 1. The van der Waals surface area contributed by atoms with Crippen molar-refractivity contribution in [3.8, 4) is 11.5 Å². The lowest BCUT2D eigenvalue weighted by molar-refractivity contribution is -0.468. The lowest BCUT2D eigenvalue weighted by Gasteiger charge is -2.23. The van der Waals surface area contributed by atoms with Gasteiger partial charge >= 0.3 is 0 Å². The first-order valence-corrected chi connectivity index (χ1v) is 11.0. The van der Waals surface area contributed by atoms with E-state index in [9.17, 15) is 19.7 Å². The van der Waals surface area contributed by atoms with Crippen LogP contribution in [0.25, 0.3) is 0 Å². The fraction of sp³-hybridized carbons (Fsp3) is 0.417. The highest BCUT2D eigenvalue weighted by atomic mass is 35.5. The molecule has 0 aromatic heterocycles. The van der Waals surface area contributed by atoms with Gasteiger partial charge in [0.15, 0.2) is 5.78 Å². The predicted octanol–water partition coefficient (Wildman–Crippen LogP) is 4.63. The maximum absolute atomic E-state index is 11.8. The molecule has 0 amide bonds. The highest BCUT2D eigenvalue weighted by molar-refractivity contribution is 6.32. The zero-order valence-electron chi connectivity index (χ0n) is 20.1. The topological polar surface area (TPSA) is 122 Å². The summed E-state index contributed by atoms with van der Waals surface area (Å²) in [6.07, 6.45) is 0. The predicted molar refractivity (Wildman–Crippen MR) is 133 cm³/mol. The zero-order chi connectivity index (χ0) is 26.3. The molecule has 2 aromatic carbocycles. The van der Waals surface area contributed by atoms with Gasteiger partial charge in [-0.25, -0.2) is 0 Å². The van der Waals surface area contributed by atoms with Gasteiger partial charge in [0, 0.05) is 10.3 Å². The van der Waals surface area contributed by atoms with E-state index in [4.69, 9.17) is 38.4 Å². The zero-order valence-corrected chi connectivity index (χ0v) is 21.6. The van der Waals surface area contributed by atoms with Crippen LogP contribution in [-0.2, 0) is 20.4 Å². The third-order valence-electron chi connectivity index (χ3n) is 5.60. The van der Waals surface area contributed by atoms with Gasteiger partial charge in [-0.15, -0.1) is 0 Å². The van der Waals surface area contributed by atoms with Crippen molar-refractivity contribution in [3.63, 3.8) is 0 Å². The van der Waals surface area contributed by atoms with Gasteiger partial charge in [-0.05, 0) is 63.1 Å². The second-order valence-electron chi connectivity index (χ2n) is 8.49. The van der Waals surface area contributed by atoms with Crippen molar-refractivity contribution in [3.05, 3.63) is 67.7 Å². The van der Waals surface area contributed by atoms with E-state index in [2.05, 4.69) is 0 Å². The van der Waals surface area contributed by atoms with Crippen molar-refractivity contribution >= 4 is 34.8 Å². The van der Waals surface area contributed by atoms with Gasteiger partial charge in [0.05, 0.1) is 36.2 Å². The summed E-state index contributed by atoms with van der Waals surface area (Å²) < 4.78 is 10.2. The third kappa shape index (κ3) is 7.16. The van der Waals surface area contributed by atoms with Crippen molar-refractivity contribution in [2.24, 2.45) is 5.73 Å². The Balaban J connectivity index is 0.000000342. The van der Waals surface area contributed by atoms with Crippen molar-refractivity contribution < 1.29 is 24.0 Å². The molecule has 0 saturated carbocycles. The minimum Gasteiger partial charge on any atom is -0.495 e. The summed E-state index contributed by atoms with van der Waals surface area (Å²) in [6, 6.07) is 10.2. The molecule has 0 aliphatic heterocycles. The highest BCUT2D eigenvalue weighted by Crippen LogP contribution is 2.33. The van der Waals surface area contributed by atoms with Gasteiger partial charge in [0.25, 0.3) is 6.54 Å². The lowest BCUT2D eigenvalue weighted by atomic mass is 9.80. The number of carbonyl (C=O) groups is 2. The summed E-state index contributed by atoms with van der Waals surface area (Å²) in [4.78, 5) is 33.3. The van der Waals surface area contributed by atoms with Crippen molar-refractivity contribution in [2.75, 3.05) is 27.3 Å². The van der Waals surface area contributed by atoms with Gasteiger partial charge in [0.2, 0.25) is 5.78 Å². The highest BCUT2D eigenvalue weighted by Gasteiger charge is 2.33. The van der Waals surface area contributed by atoms with Gasteiger partial charge in [0.1, 0.15) is 11.5 Å². The average Bonchev–Trinajstić information content (AvgIpc) is 2.78. The molecular weight excluding hydrogens is 483 g/mol. The van der Waals surface area contributed by atoms with Crippen LogP contribution in [0.1, 0.15) is 38.8 Å². The quantitative estimate of drug-likeness (QED) is 0.383. The van der Waals surface area contributed by atoms with E-state index >= 15 is 0 Å². The van der Waals surface area contributed by atoms with E-state index in [-0.39, 0.29) is 12.3 Å². The van der Waals surface area contributed by atoms with Gasteiger partial charge in [-0.3, -0.25) is 19.7 Å². The van der Waals surface area contributed by atoms with E-state index in [1.54, 1.807) is 51.3 Å². The molecule has 0 fully saturated rings. The maximum atomic E-state index is 11.8. The molecule has 10 heteroatoms. The summed E-state index contributed by atoms with van der Waals surface area (Å²) in [5, 5.41) is 11.4. The minimum atomic E-state index is -0.953. The van der Waals surface area contributed by atoms with Crippen molar-refractivity contribution in [2.45, 2.75) is 38.5 Å². The Labute approximate surface area is 209 Å². The van der Waals surface area contributed by atoms with E-state index in [1.807, 2.05) is 19.9 Å². The summed E-state index contributed by atoms with van der Waals surface area (Å²) in [6.45, 7) is 6.29. The smallest absolute Gasteiger partial charge is 0.262 e. The fourth-order valence-electron chi connectivity index (χ4n) is 2.99. The first-order chi connectivity index (χ1) is 15.7. The van der Waals surface area contributed by atoms with E-state index in [1.165, 1.54) is 7.11 Å². The van der Waals surface area contributed by atoms with Crippen LogP contribution in [-0.4, -0.2) is 43.8 Å². The number of halogens is 2. The molecule has 0 radical (unpaired) electrons. The van der Waals surface area contributed by atoms with Crippen molar-refractivity contribution in [1.29, 1.82) is 0 Å². The van der Waals surface area contributed by atoms with Crippen LogP contribution >= 0.6 is 23.2 Å². The molecule has 0 aliphatic rings. The summed E-state index contributed by atoms with van der Waals surface area (Å²) in [7, 11) is 3.01. The minimum absolute atomic E-state index is 0.0168. The van der Waals surface area contributed by atoms with E-state index < -0.39 is 28.1 Å². The Morgan fingerprint density at radius 3 is 1.59 bits per heavy atom. The number of hydrogen-bond acceptors (Lipinski definition) is 7. The molecule has 34 heavy (non-hydrogen) atoms. The first kappa shape index (κ1) is 29.4. The Hall–Kier alpha value is -2.68. The largest absolute Gasteiger partial charge is 0.495 e. The molecule has 2 rings (SSSR count). The Kier molecular flexibility index (Phi) is 10.5. The lowest BCUT2D eigenvalue weighted by Crippen LogP contribution is -2.34. The average molecular weight is 513 g/mol. The molecule has 0 bridgehead atoms.